The molecule has 2 aromatic carbocycles. The molecule has 0 unspecified atom stereocenters. The number of anilines is 1. The summed E-state index contributed by atoms with van der Waals surface area (Å²) in [6.45, 7) is 0. The second-order valence-corrected chi connectivity index (χ2v) is 8.01. The van der Waals surface area contributed by atoms with Gasteiger partial charge in [0.15, 0.2) is 0 Å². The Balaban J connectivity index is 1.89. The first-order valence-corrected chi connectivity index (χ1v) is 10.3. The fourth-order valence-electron chi connectivity index (χ4n) is 2.58. The summed E-state index contributed by atoms with van der Waals surface area (Å²) >= 11 is 10.5. The summed E-state index contributed by atoms with van der Waals surface area (Å²) in [5.74, 6) is -1.63. The molecule has 0 aliphatic heterocycles. The Hall–Kier alpha value is -2.48. The molecule has 1 aromatic heterocycles. The summed E-state index contributed by atoms with van der Waals surface area (Å²) in [6, 6.07) is 11.7. The number of benzene rings is 2. The average molecular weight is 495 g/mol. The van der Waals surface area contributed by atoms with Crippen LogP contribution in [0.15, 0.2) is 58.4 Å². The van der Waals surface area contributed by atoms with E-state index in [4.69, 9.17) is 16.3 Å². The molecule has 0 fully saturated rings. The Morgan fingerprint density at radius 3 is 2.59 bits per heavy atom. The lowest BCUT2D eigenvalue weighted by molar-refractivity contribution is -0.111. The molecule has 4 nitrogen and oxygen atoms in total. The van der Waals surface area contributed by atoms with Gasteiger partial charge in [-0.25, -0.2) is 9.18 Å². The van der Waals surface area contributed by atoms with Crippen LogP contribution in [0.2, 0.25) is 5.02 Å². The van der Waals surface area contributed by atoms with Crippen LogP contribution in [0.3, 0.4) is 0 Å². The number of esters is 1. The molecular formula is C21H14BrClFNO3S. The molecule has 0 aliphatic rings. The van der Waals surface area contributed by atoms with Crippen molar-refractivity contribution >= 4 is 61.8 Å². The first kappa shape index (κ1) is 21.2. The van der Waals surface area contributed by atoms with Gasteiger partial charge in [0.25, 0.3) is 0 Å². The Morgan fingerprint density at radius 1 is 1.21 bits per heavy atom. The molecule has 0 radical (unpaired) electrons. The molecule has 29 heavy (non-hydrogen) atoms. The van der Waals surface area contributed by atoms with Crippen LogP contribution in [0, 0.1) is 5.82 Å². The second kappa shape index (κ2) is 9.35. The molecule has 148 valence electrons. The Kier molecular flexibility index (Phi) is 6.84. The third-order valence-corrected chi connectivity index (χ3v) is 5.73. The average Bonchev–Trinajstić information content (AvgIpc) is 3.11. The van der Waals surface area contributed by atoms with Crippen LogP contribution < -0.4 is 5.32 Å². The van der Waals surface area contributed by atoms with Crippen molar-refractivity contribution in [2.45, 2.75) is 0 Å². The number of amides is 1. The van der Waals surface area contributed by atoms with Crippen molar-refractivity contribution in [1.29, 1.82) is 0 Å². The molecule has 3 rings (SSSR count). The van der Waals surface area contributed by atoms with Crippen molar-refractivity contribution in [2.75, 3.05) is 12.4 Å². The largest absolute Gasteiger partial charge is 0.465 e. The first-order valence-electron chi connectivity index (χ1n) is 8.29. The van der Waals surface area contributed by atoms with Crippen LogP contribution in [0.5, 0.6) is 0 Å². The third kappa shape index (κ3) is 4.93. The Bertz CT molecular complexity index is 1080. The number of methoxy groups -OCH3 is 1. The SMILES string of the molecule is COC(=O)c1c(-c2ccc(Br)cc2)csc1NC(=O)C=Cc1c(F)cccc1Cl. The summed E-state index contributed by atoms with van der Waals surface area (Å²) in [4.78, 5) is 24.7. The maximum Gasteiger partial charge on any atom is 0.341 e. The number of ether oxygens (including phenoxy) is 1. The number of thiophene rings is 1. The fourth-order valence-corrected chi connectivity index (χ4v) is 4.03. The van der Waals surface area contributed by atoms with Crippen LogP contribution in [-0.4, -0.2) is 19.0 Å². The molecule has 3 aromatic rings. The quantitative estimate of drug-likeness (QED) is 0.329. The maximum absolute atomic E-state index is 13.8. The standard InChI is InChI=1S/C21H14BrClFNO3S/c1-28-21(27)19-15(12-5-7-13(22)8-6-12)11-29-20(19)25-18(26)10-9-14-16(23)3-2-4-17(14)24/h2-11H,1H3,(H,25,26). The lowest BCUT2D eigenvalue weighted by Gasteiger charge is -2.07. The van der Waals surface area contributed by atoms with Gasteiger partial charge in [-0.05, 0) is 35.9 Å². The molecular weight excluding hydrogens is 481 g/mol. The minimum Gasteiger partial charge on any atom is -0.465 e. The molecule has 1 N–H and O–H groups in total. The van der Waals surface area contributed by atoms with Crippen LogP contribution >= 0.6 is 38.9 Å². The van der Waals surface area contributed by atoms with Gasteiger partial charge in [-0.15, -0.1) is 11.3 Å². The van der Waals surface area contributed by atoms with Crippen molar-refractivity contribution in [1.82, 2.24) is 0 Å². The summed E-state index contributed by atoms with van der Waals surface area (Å²) in [5.41, 5.74) is 1.81. The lowest BCUT2D eigenvalue weighted by atomic mass is 10.0. The molecule has 1 heterocycles. The number of hydrogen-bond donors (Lipinski definition) is 1. The molecule has 8 heteroatoms. The first-order chi connectivity index (χ1) is 13.9. The summed E-state index contributed by atoms with van der Waals surface area (Å²) in [6.07, 6.45) is 2.44. The van der Waals surface area contributed by atoms with E-state index in [1.54, 1.807) is 5.38 Å². The Labute approximate surface area is 184 Å². The molecule has 0 saturated heterocycles. The van der Waals surface area contributed by atoms with Crippen molar-refractivity contribution in [3.63, 3.8) is 0 Å². The number of rotatable bonds is 5. The highest BCUT2D eigenvalue weighted by atomic mass is 79.9. The molecule has 0 aliphatic carbocycles. The zero-order valence-corrected chi connectivity index (χ0v) is 18.2. The van der Waals surface area contributed by atoms with E-state index >= 15 is 0 Å². The predicted molar refractivity (Wildman–Crippen MR) is 118 cm³/mol. The van der Waals surface area contributed by atoms with E-state index in [0.717, 1.165) is 16.1 Å². The highest BCUT2D eigenvalue weighted by Gasteiger charge is 2.22. The Morgan fingerprint density at radius 2 is 1.93 bits per heavy atom. The number of halogens is 3. The summed E-state index contributed by atoms with van der Waals surface area (Å²) in [5, 5.41) is 4.95. The van der Waals surface area contributed by atoms with Gasteiger partial charge in [0.1, 0.15) is 16.4 Å². The smallest absolute Gasteiger partial charge is 0.341 e. The highest BCUT2D eigenvalue weighted by molar-refractivity contribution is 9.10. The van der Waals surface area contributed by atoms with Crippen LogP contribution in [-0.2, 0) is 9.53 Å². The van der Waals surface area contributed by atoms with Crippen molar-refractivity contribution in [2.24, 2.45) is 0 Å². The predicted octanol–water partition coefficient (Wildman–Crippen LogP) is 6.41. The van der Waals surface area contributed by atoms with Gasteiger partial charge < -0.3 is 10.1 Å². The third-order valence-electron chi connectivity index (χ3n) is 3.97. The lowest BCUT2D eigenvalue weighted by Crippen LogP contribution is -2.11. The fraction of sp³-hybridized carbons (Fsp3) is 0.0476. The van der Waals surface area contributed by atoms with Crippen LogP contribution in [0.25, 0.3) is 17.2 Å². The molecule has 0 atom stereocenters. The van der Waals surface area contributed by atoms with Gasteiger partial charge >= 0.3 is 5.97 Å². The van der Waals surface area contributed by atoms with Crippen LogP contribution in [0.1, 0.15) is 15.9 Å². The number of carbonyl (C=O) groups excluding carboxylic acids is 2. The minimum atomic E-state index is -0.569. The van der Waals surface area contributed by atoms with E-state index in [-0.39, 0.29) is 16.1 Å². The van der Waals surface area contributed by atoms with E-state index in [1.807, 2.05) is 24.3 Å². The molecule has 1 amide bonds. The summed E-state index contributed by atoms with van der Waals surface area (Å²) in [7, 11) is 1.27. The van der Waals surface area contributed by atoms with Gasteiger partial charge in [-0.1, -0.05) is 45.7 Å². The number of nitrogens with one attached hydrogen (secondary N) is 1. The minimum absolute atomic E-state index is 0.110. The zero-order valence-electron chi connectivity index (χ0n) is 15.0. The topological polar surface area (TPSA) is 55.4 Å². The van der Waals surface area contributed by atoms with Gasteiger partial charge in [0, 0.05) is 27.1 Å². The van der Waals surface area contributed by atoms with Gasteiger partial charge in [0.05, 0.1) is 12.1 Å². The monoisotopic (exact) mass is 493 g/mol. The maximum atomic E-state index is 13.8. The molecule has 0 spiro atoms. The van der Waals surface area contributed by atoms with E-state index in [9.17, 15) is 14.0 Å². The van der Waals surface area contributed by atoms with E-state index in [0.29, 0.717) is 10.6 Å². The van der Waals surface area contributed by atoms with Crippen molar-refractivity contribution in [3.05, 3.63) is 80.4 Å². The van der Waals surface area contributed by atoms with Crippen LogP contribution in [0.4, 0.5) is 9.39 Å². The van der Waals surface area contributed by atoms with E-state index in [1.165, 1.54) is 42.7 Å². The van der Waals surface area contributed by atoms with Gasteiger partial charge in [-0.2, -0.15) is 0 Å². The van der Waals surface area contributed by atoms with Gasteiger partial charge in [0.2, 0.25) is 5.91 Å². The summed E-state index contributed by atoms with van der Waals surface area (Å²) < 4.78 is 19.6. The normalized spacial score (nSPS) is 10.9. The number of carbonyl (C=O) groups is 2. The van der Waals surface area contributed by atoms with Crippen molar-refractivity contribution < 1.29 is 18.7 Å². The van der Waals surface area contributed by atoms with E-state index < -0.39 is 17.7 Å². The molecule has 0 saturated carbocycles. The van der Waals surface area contributed by atoms with Gasteiger partial charge in [-0.3, -0.25) is 4.79 Å². The highest BCUT2D eigenvalue weighted by Crippen LogP contribution is 2.36. The molecule has 0 bridgehead atoms. The second-order valence-electron chi connectivity index (χ2n) is 5.81. The zero-order chi connectivity index (χ0) is 21.0. The van der Waals surface area contributed by atoms with Crippen molar-refractivity contribution in [3.8, 4) is 11.1 Å². The van der Waals surface area contributed by atoms with E-state index in [2.05, 4.69) is 21.2 Å². The number of hydrogen-bond acceptors (Lipinski definition) is 4.